The molecular formula is C50H32N6. The first kappa shape index (κ1) is 31.8. The molecule has 6 nitrogen and oxygen atoms in total. The molecular weight excluding hydrogens is 685 g/mol. The maximum atomic E-state index is 4.96. The molecule has 7 aromatic carbocycles. The summed E-state index contributed by atoms with van der Waals surface area (Å²) in [6.45, 7) is 0. The van der Waals surface area contributed by atoms with Crippen LogP contribution >= 0.6 is 0 Å². The first-order chi connectivity index (χ1) is 27.8. The van der Waals surface area contributed by atoms with Gasteiger partial charge in [-0.3, -0.25) is 4.98 Å². The van der Waals surface area contributed by atoms with Crippen molar-refractivity contribution >= 4 is 43.7 Å². The third-order valence-electron chi connectivity index (χ3n) is 10.6. The Morgan fingerprint density at radius 1 is 0.304 bits per heavy atom. The molecule has 0 saturated carbocycles. The van der Waals surface area contributed by atoms with Gasteiger partial charge < -0.3 is 9.13 Å². The molecule has 4 heterocycles. The van der Waals surface area contributed by atoms with E-state index >= 15 is 0 Å². The van der Waals surface area contributed by atoms with Gasteiger partial charge in [-0.05, 0) is 83.9 Å². The van der Waals surface area contributed by atoms with Crippen molar-refractivity contribution in [1.29, 1.82) is 0 Å². The maximum absolute atomic E-state index is 4.96. The highest BCUT2D eigenvalue weighted by Gasteiger charge is 2.18. The fourth-order valence-corrected chi connectivity index (χ4v) is 7.99. The quantitative estimate of drug-likeness (QED) is 0.172. The number of hydrogen-bond acceptors (Lipinski definition) is 4. The summed E-state index contributed by atoms with van der Waals surface area (Å²) in [5.41, 5.74) is 12.7. The van der Waals surface area contributed by atoms with Gasteiger partial charge in [-0.2, -0.15) is 0 Å². The summed E-state index contributed by atoms with van der Waals surface area (Å²) in [5, 5.41) is 3.58. The molecule has 0 amide bonds. The van der Waals surface area contributed by atoms with Crippen LogP contribution in [0.4, 0.5) is 0 Å². The highest BCUT2D eigenvalue weighted by molar-refractivity contribution is 6.11. The summed E-state index contributed by atoms with van der Waals surface area (Å²) in [6, 6.07) is 65.6. The summed E-state index contributed by atoms with van der Waals surface area (Å²) in [7, 11) is 0. The lowest BCUT2D eigenvalue weighted by Crippen LogP contribution is -2.00. The van der Waals surface area contributed by atoms with Crippen LogP contribution in [0.5, 0.6) is 0 Å². The molecule has 262 valence electrons. The highest BCUT2D eigenvalue weighted by atomic mass is 15.0. The van der Waals surface area contributed by atoms with E-state index in [1.165, 1.54) is 21.8 Å². The molecule has 0 bridgehead atoms. The van der Waals surface area contributed by atoms with E-state index in [0.29, 0.717) is 17.5 Å². The molecule has 56 heavy (non-hydrogen) atoms. The van der Waals surface area contributed by atoms with E-state index in [0.717, 1.165) is 61.1 Å². The van der Waals surface area contributed by atoms with Crippen LogP contribution in [0.2, 0.25) is 0 Å². The molecule has 0 aliphatic rings. The minimum absolute atomic E-state index is 0.624. The second kappa shape index (κ2) is 13.0. The van der Waals surface area contributed by atoms with Gasteiger partial charge in [0, 0.05) is 50.4 Å². The molecule has 0 fully saturated rings. The molecule has 0 aliphatic heterocycles. The summed E-state index contributed by atoms with van der Waals surface area (Å²) in [6.07, 6.45) is 1.87. The van der Waals surface area contributed by atoms with Crippen molar-refractivity contribution in [3.8, 4) is 56.7 Å². The fraction of sp³-hybridized carbons (Fsp3) is 0. The second-order valence-electron chi connectivity index (χ2n) is 13.9. The summed E-state index contributed by atoms with van der Waals surface area (Å²) in [5.74, 6) is 1.91. The number of para-hydroxylation sites is 2. The zero-order valence-electron chi connectivity index (χ0n) is 30.2. The lowest BCUT2D eigenvalue weighted by atomic mass is 10.0. The van der Waals surface area contributed by atoms with Gasteiger partial charge in [-0.25, -0.2) is 15.0 Å². The number of rotatable bonds is 6. The first-order valence-electron chi connectivity index (χ1n) is 18.7. The van der Waals surface area contributed by atoms with Gasteiger partial charge >= 0.3 is 0 Å². The summed E-state index contributed by atoms with van der Waals surface area (Å²) >= 11 is 0. The van der Waals surface area contributed by atoms with Crippen LogP contribution < -0.4 is 0 Å². The Hall–Kier alpha value is -7.70. The topological polar surface area (TPSA) is 61.4 Å². The number of pyridine rings is 1. The summed E-state index contributed by atoms with van der Waals surface area (Å²) in [4.78, 5) is 19.6. The molecule has 11 rings (SSSR count). The lowest BCUT2D eigenvalue weighted by Gasteiger charge is -2.11. The van der Waals surface area contributed by atoms with Crippen LogP contribution in [0, 0.1) is 0 Å². The van der Waals surface area contributed by atoms with Crippen LogP contribution in [0.3, 0.4) is 0 Å². The van der Waals surface area contributed by atoms with Crippen LogP contribution in [0.15, 0.2) is 194 Å². The van der Waals surface area contributed by atoms with Crippen molar-refractivity contribution in [2.45, 2.75) is 0 Å². The number of fused-ring (bicyclic) bond motifs is 6. The number of benzene rings is 7. The van der Waals surface area contributed by atoms with Gasteiger partial charge in [-0.15, -0.1) is 0 Å². The van der Waals surface area contributed by atoms with E-state index in [1.807, 2.05) is 72.9 Å². The predicted octanol–water partition coefficient (Wildman–Crippen LogP) is 12.1. The van der Waals surface area contributed by atoms with Crippen LogP contribution in [0.25, 0.3) is 100 Å². The SMILES string of the molecule is c1ccc(-c2nc(-c3ccccc3)nc(-c3ccc(-n4c5cc(-c6ccc7c8ccccc8n(-c8ccccc8)c7c6)ccc5c5ncccc54)cc3)n2)cc1. The molecule has 4 aromatic heterocycles. The van der Waals surface area contributed by atoms with Gasteiger partial charge in [0.25, 0.3) is 0 Å². The van der Waals surface area contributed by atoms with E-state index in [9.17, 15) is 0 Å². The van der Waals surface area contributed by atoms with Crippen molar-refractivity contribution in [1.82, 2.24) is 29.1 Å². The number of hydrogen-bond donors (Lipinski definition) is 0. The fourth-order valence-electron chi connectivity index (χ4n) is 7.99. The average Bonchev–Trinajstić information content (AvgIpc) is 3.79. The van der Waals surface area contributed by atoms with Crippen LogP contribution in [-0.4, -0.2) is 29.1 Å². The molecule has 6 heteroatoms. The smallest absolute Gasteiger partial charge is 0.164 e. The Bertz CT molecular complexity index is 3160. The Kier molecular flexibility index (Phi) is 7.38. The van der Waals surface area contributed by atoms with E-state index < -0.39 is 0 Å². The largest absolute Gasteiger partial charge is 0.309 e. The van der Waals surface area contributed by atoms with Gasteiger partial charge in [-0.1, -0.05) is 115 Å². The Morgan fingerprint density at radius 2 is 0.750 bits per heavy atom. The Balaban J connectivity index is 1.04. The van der Waals surface area contributed by atoms with Gasteiger partial charge in [0.2, 0.25) is 0 Å². The third-order valence-corrected chi connectivity index (χ3v) is 10.6. The van der Waals surface area contributed by atoms with Gasteiger partial charge in [0.1, 0.15) is 0 Å². The predicted molar refractivity (Wildman–Crippen MR) is 228 cm³/mol. The van der Waals surface area contributed by atoms with E-state index in [2.05, 4.69) is 130 Å². The van der Waals surface area contributed by atoms with E-state index in [4.69, 9.17) is 19.9 Å². The van der Waals surface area contributed by atoms with Crippen LogP contribution in [-0.2, 0) is 0 Å². The minimum Gasteiger partial charge on any atom is -0.309 e. The summed E-state index contributed by atoms with van der Waals surface area (Å²) < 4.78 is 4.68. The zero-order valence-corrected chi connectivity index (χ0v) is 30.2. The van der Waals surface area contributed by atoms with Crippen molar-refractivity contribution in [3.05, 3.63) is 194 Å². The van der Waals surface area contributed by atoms with E-state index in [1.54, 1.807) is 0 Å². The monoisotopic (exact) mass is 716 g/mol. The van der Waals surface area contributed by atoms with Gasteiger partial charge in [0.15, 0.2) is 17.5 Å². The minimum atomic E-state index is 0.624. The standard InChI is InChI=1S/C50H32N6/c1-4-13-33(14-5-1)48-52-49(34-15-6-2-7-16-34)54-50(53-48)35-22-26-39(27-23-35)56-44-21-12-30-51-47(44)42-29-25-37(32-46(42)56)36-24-28-41-40-19-10-11-20-43(40)55(45(41)31-36)38-17-8-3-9-18-38/h1-32H. The molecule has 0 spiro atoms. The molecule has 0 aliphatic carbocycles. The second-order valence-corrected chi connectivity index (χ2v) is 13.9. The molecule has 0 saturated heterocycles. The highest BCUT2D eigenvalue weighted by Crippen LogP contribution is 2.38. The zero-order chi connectivity index (χ0) is 37.0. The van der Waals surface area contributed by atoms with Crippen molar-refractivity contribution in [2.24, 2.45) is 0 Å². The van der Waals surface area contributed by atoms with Crippen molar-refractivity contribution in [3.63, 3.8) is 0 Å². The normalized spacial score (nSPS) is 11.6. The molecule has 0 N–H and O–H groups in total. The first-order valence-corrected chi connectivity index (χ1v) is 18.7. The molecule has 0 atom stereocenters. The average molecular weight is 717 g/mol. The number of nitrogens with zero attached hydrogens (tertiary/aromatic N) is 6. The lowest BCUT2D eigenvalue weighted by molar-refractivity contribution is 1.07. The molecule has 0 unspecified atom stereocenters. The molecule has 11 aromatic rings. The Morgan fingerprint density at radius 3 is 1.39 bits per heavy atom. The van der Waals surface area contributed by atoms with Gasteiger partial charge in [0.05, 0.1) is 27.6 Å². The maximum Gasteiger partial charge on any atom is 0.164 e. The Labute approximate surface area is 322 Å². The van der Waals surface area contributed by atoms with E-state index in [-0.39, 0.29) is 0 Å². The van der Waals surface area contributed by atoms with Crippen molar-refractivity contribution < 1.29 is 0 Å². The van der Waals surface area contributed by atoms with Crippen molar-refractivity contribution in [2.75, 3.05) is 0 Å². The molecule has 0 radical (unpaired) electrons. The number of aromatic nitrogens is 6. The third kappa shape index (κ3) is 5.27. The van der Waals surface area contributed by atoms with Crippen LogP contribution in [0.1, 0.15) is 0 Å².